The molecule has 0 spiro atoms. The molecule has 6 rings (SSSR count). The molecule has 0 nitrogen and oxygen atoms in total. The molecule has 0 bridgehead atoms. The maximum atomic E-state index is 2.66. The van der Waals surface area contributed by atoms with E-state index in [1.54, 1.807) is 22.3 Å². The quantitative estimate of drug-likeness (QED) is 0.228. The maximum Gasteiger partial charge on any atom is 0.0407 e. The lowest BCUT2D eigenvalue weighted by Crippen LogP contribution is -2.29. The van der Waals surface area contributed by atoms with Crippen LogP contribution in [0.1, 0.15) is 54.9 Å². The molecule has 0 N–H and O–H groups in total. The SMILES string of the molecule is CC(P1CCCC1(c1ccccc1)c1ccccc1)P1CCCC1(c1ccccc1)c1ccccc1. The lowest BCUT2D eigenvalue weighted by atomic mass is 9.87. The third kappa shape index (κ3) is 3.90. The van der Waals surface area contributed by atoms with E-state index in [2.05, 4.69) is 128 Å². The summed E-state index contributed by atoms with van der Waals surface area (Å²) in [6.45, 7) is 2.66. The zero-order valence-electron chi connectivity index (χ0n) is 21.3. The number of hydrogen-bond acceptors (Lipinski definition) is 0. The summed E-state index contributed by atoms with van der Waals surface area (Å²) < 4.78 is 0. The molecule has 4 aromatic carbocycles. The predicted molar refractivity (Wildman–Crippen MR) is 159 cm³/mol. The Morgan fingerprint density at radius 3 is 1.03 bits per heavy atom. The highest BCUT2D eigenvalue weighted by molar-refractivity contribution is 7.77. The van der Waals surface area contributed by atoms with Crippen molar-refractivity contribution in [1.29, 1.82) is 0 Å². The van der Waals surface area contributed by atoms with Gasteiger partial charge in [0.15, 0.2) is 0 Å². The first-order valence-electron chi connectivity index (χ1n) is 13.5. The van der Waals surface area contributed by atoms with Gasteiger partial charge in [0.1, 0.15) is 0 Å². The van der Waals surface area contributed by atoms with Gasteiger partial charge in [0, 0.05) is 10.3 Å². The Labute approximate surface area is 219 Å². The van der Waals surface area contributed by atoms with Gasteiger partial charge in [-0.15, -0.1) is 0 Å². The Kier molecular flexibility index (Phi) is 6.86. The van der Waals surface area contributed by atoms with Gasteiger partial charge in [0.25, 0.3) is 0 Å². The van der Waals surface area contributed by atoms with E-state index >= 15 is 0 Å². The number of benzene rings is 4. The highest BCUT2D eigenvalue weighted by Gasteiger charge is 2.54. The second kappa shape index (κ2) is 10.2. The largest absolute Gasteiger partial charge is 0.0837 e. The highest BCUT2D eigenvalue weighted by Crippen LogP contribution is 2.80. The molecule has 2 atom stereocenters. The fourth-order valence-electron chi connectivity index (χ4n) is 7.29. The second-order valence-corrected chi connectivity index (χ2v) is 16.7. The molecule has 2 saturated heterocycles. The van der Waals surface area contributed by atoms with E-state index in [1.165, 1.54) is 38.0 Å². The van der Waals surface area contributed by atoms with Crippen molar-refractivity contribution in [1.82, 2.24) is 0 Å². The van der Waals surface area contributed by atoms with Gasteiger partial charge in [0.2, 0.25) is 0 Å². The van der Waals surface area contributed by atoms with Gasteiger partial charge in [-0.1, -0.05) is 144 Å². The van der Waals surface area contributed by atoms with Crippen molar-refractivity contribution in [3.05, 3.63) is 144 Å². The third-order valence-corrected chi connectivity index (χ3v) is 17.3. The van der Waals surface area contributed by atoms with Crippen molar-refractivity contribution in [2.75, 3.05) is 12.3 Å². The van der Waals surface area contributed by atoms with E-state index in [9.17, 15) is 0 Å². The van der Waals surface area contributed by atoms with Crippen LogP contribution in [-0.2, 0) is 10.3 Å². The molecule has 2 heterocycles. The predicted octanol–water partition coefficient (Wildman–Crippen LogP) is 9.77. The first-order chi connectivity index (χ1) is 17.8. The summed E-state index contributed by atoms with van der Waals surface area (Å²) in [5.74, 6) is 0. The van der Waals surface area contributed by atoms with E-state index in [1.807, 2.05) is 0 Å². The molecule has 2 fully saturated rings. The van der Waals surface area contributed by atoms with Crippen molar-refractivity contribution < 1.29 is 0 Å². The fourth-order valence-corrected chi connectivity index (χ4v) is 17.1. The van der Waals surface area contributed by atoms with Crippen LogP contribution >= 0.6 is 15.8 Å². The van der Waals surface area contributed by atoms with Crippen molar-refractivity contribution in [2.24, 2.45) is 0 Å². The van der Waals surface area contributed by atoms with Crippen LogP contribution in [0.4, 0.5) is 0 Å². The Hall–Kier alpha value is -2.26. The molecule has 0 aliphatic carbocycles. The lowest BCUT2D eigenvalue weighted by Gasteiger charge is -2.47. The molecule has 0 radical (unpaired) electrons. The molecular weight excluding hydrogens is 470 g/mol. The lowest BCUT2D eigenvalue weighted by molar-refractivity contribution is 0.673. The minimum Gasteiger partial charge on any atom is -0.0837 e. The van der Waals surface area contributed by atoms with Crippen molar-refractivity contribution in [3.63, 3.8) is 0 Å². The molecule has 36 heavy (non-hydrogen) atoms. The van der Waals surface area contributed by atoms with Gasteiger partial charge in [0.05, 0.1) is 0 Å². The smallest absolute Gasteiger partial charge is 0.0407 e. The molecule has 0 amide bonds. The number of rotatable bonds is 6. The monoisotopic (exact) mass is 506 g/mol. The third-order valence-electron chi connectivity index (χ3n) is 8.76. The molecular formula is C34H36P2. The van der Waals surface area contributed by atoms with Crippen LogP contribution in [0.5, 0.6) is 0 Å². The Bertz CT molecular complexity index is 1070. The minimum absolute atomic E-state index is 0.168. The minimum atomic E-state index is -0.228. The molecule has 2 aliphatic rings. The average molecular weight is 507 g/mol. The van der Waals surface area contributed by atoms with Crippen LogP contribution in [0.3, 0.4) is 0 Å². The molecule has 2 heteroatoms. The average Bonchev–Trinajstić information content (AvgIpc) is 3.61. The van der Waals surface area contributed by atoms with Gasteiger partial charge in [-0.2, -0.15) is 0 Å². The summed E-state index contributed by atoms with van der Waals surface area (Å²) >= 11 is 0. The topological polar surface area (TPSA) is 0 Å². The number of hydrogen-bond donors (Lipinski definition) is 0. The second-order valence-electron chi connectivity index (χ2n) is 10.4. The fraction of sp³-hybridized carbons (Fsp3) is 0.294. The zero-order valence-corrected chi connectivity index (χ0v) is 23.1. The summed E-state index contributed by atoms with van der Waals surface area (Å²) in [4.78, 5) is 0. The summed E-state index contributed by atoms with van der Waals surface area (Å²) in [5.41, 5.74) is 6.19. The molecule has 2 aliphatic heterocycles. The standard InChI is InChI=1S/C34H36P2/c1-28(35-26-14-24-33(35,29-16-6-2-7-17-29)30-18-8-3-9-19-30)36-27-15-25-34(36,31-20-10-4-11-21-31)32-22-12-5-13-23-32/h2-13,16-23,28H,14-15,24-27H2,1H3. The van der Waals surface area contributed by atoms with E-state index in [-0.39, 0.29) is 26.2 Å². The van der Waals surface area contributed by atoms with E-state index < -0.39 is 0 Å². The van der Waals surface area contributed by atoms with Gasteiger partial charge < -0.3 is 0 Å². The summed E-state index contributed by atoms with van der Waals surface area (Å²) in [5, 5.41) is 1.07. The van der Waals surface area contributed by atoms with Crippen molar-refractivity contribution >= 4 is 15.8 Å². The van der Waals surface area contributed by atoms with E-state index in [0.29, 0.717) is 0 Å². The van der Waals surface area contributed by atoms with Crippen LogP contribution in [0, 0.1) is 0 Å². The first kappa shape index (κ1) is 24.1. The van der Waals surface area contributed by atoms with Crippen molar-refractivity contribution in [2.45, 2.75) is 48.3 Å². The van der Waals surface area contributed by atoms with Crippen LogP contribution in [0.15, 0.2) is 121 Å². The molecule has 0 saturated carbocycles. The van der Waals surface area contributed by atoms with Crippen molar-refractivity contribution in [3.8, 4) is 0 Å². The molecule has 182 valence electrons. The normalized spacial score (nSPS) is 23.4. The Morgan fingerprint density at radius 1 is 0.472 bits per heavy atom. The first-order valence-corrected chi connectivity index (χ1v) is 16.7. The summed E-state index contributed by atoms with van der Waals surface area (Å²) in [6.07, 6.45) is 8.02. The summed E-state index contributed by atoms with van der Waals surface area (Å²) in [6, 6.07) is 46.2. The highest BCUT2D eigenvalue weighted by atomic mass is 31.2. The Morgan fingerprint density at radius 2 is 0.750 bits per heavy atom. The Balaban J connectivity index is 1.50. The van der Waals surface area contributed by atoms with Crippen LogP contribution in [0.2, 0.25) is 0 Å². The molecule has 4 aromatic rings. The van der Waals surface area contributed by atoms with Gasteiger partial charge in [-0.25, -0.2) is 0 Å². The van der Waals surface area contributed by atoms with Gasteiger partial charge in [-0.05, 0) is 65.7 Å². The van der Waals surface area contributed by atoms with Crippen LogP contribution in [-0.4, -0.2) is 17.7 Å². The van der Waals surface area contributed by atoms with Crippen LogP contribution < -0.4 is 0 Å². The molecule has 2 unspecified atom stereocenters. The van der Waals surface area contributed by atoms with Gasteiger partial charge in [-0.3, -0.25) is 0 Å². The maximum absolute atomic E-state index is 2.66. The van der Waals surface area contributed by atoms with E-state index in [0.717, 1.165) is 5.40 Å². The van der Waals surface area contributed by atoms with Crippen LogP contribution in [0.25, 0.3) is 0 Å². The summed E-state index contributed by atoms with van der Waals surface area (Å²) in [7, 11) is -0.456. The molecule has 0 aromatic heterocycles. The zero-order chi connectivity index (χ0) is 24.4. The van der Waals surface area contributed by atoms with Gasteiger partial charge >= 0.3 is 0 Å². The van der Waals surface area contributed by atoms with E-state index in [4.69, 9.17) is 0 Å².